The van der Waals surface area contributed by atoms with Crippen molar-refractivity contribution in [3.05, 3.63) is 72.9 Å². The van der Waals surface area contributed by atoms with E-state index in [1.165, 1.54) is 38.5 Å². The third kappa shape index (κ3) is 34.0. The highest BCUT2D eigenvalue weighted by atomic mass is 16.6. The van der Waals surface area contributed by atoms with Gasteiger partial charge in [0.15, 0.2) is 6.10 Å². The van der Waals surface area contributed by atoms with Gasteiger partial charge in [-0.05, 0) is 70.6 Å². The summed E-state index contributed by atoms with van der Waals surface area (Å²) in [6.07, 6.45) is 42.2. The standard InChI is InChI=1S/C41H66O6/c1-4-7-10-13-16-19-20-23-25-28-31-34-40(43)46-37-38(47-41(44)35-32-29-26-22-18-15-12-9-6-3)36-45-39(42)33-30-27-24-21-17-14-11-8-5-2/h9,12-13,16,18-22,24,29,32,38H,4-8,10-11,14-15,17,23,25-28,30-31,33-37H2,1-3H3/b12-9-,16-13-,20-19-,22-18-,24-21-,32-29-. The van der Waals surface area contributed by atoms with Crippen molar-refractivity contribution in [3.8, 4) is 0 Å². The van der Waals surface area contributed by atoms with E-state index < -0.39 is 12.1 Å². The van der Waals surface area contributed by atoms with Gasteiger partial charge in [-0.2, -0.15) is 0 Å². The number of carbonyl (C=O) groups is 3. The van der Waals surface area contributed by atoms with E-state index in [1.54, 1.807) is 6.08 Å². The van der Waals surface area contributed by atoms with Crippen LogP contribution in [-0.4, -0.2) is 37.2 Å². The molecule has 0 aromatic heterocycles. The summed E-state index contributed by atoms with van der Waals surface area (Å²) < 4.78 is 16.4. The first kappa shape index (κ1) is 43.9. The lowest BCUT2D eigenvalue weighted by atomic mass is 10.1. The number of esters is 3. The number of ether oxygens (including phenoxy) is 3. The van der Waals surface area contributed by atoms with E-state index in [-0.39, 0.29) is 38.0 Å². The first-order valence-corrected chi connectivity index (χ1v) is 18.5. The Kier molecular flexibility index (Phi) is 33.3. The van der Waals surface area contributed by atoms with Gasteiger partial charge in [-0.1, -0.05) is 132 Å². The topological polar surface area (TPSA) is 78.9 Å². The SMILES string of the molecule is CC/C=C\C/C=C\C/C=C\CC(=O)OC(COC(=O)CCC/C=C\CCCCCC)COC(=O)CCCCC/C=C\C=C/CCCC. The number of hydrogen-bond donors (Lipinski definition) is 0. The van der Waals surface area contributed by atoms with Crippen molar-refractivity contribution in [3.63, 3.8) is 0 Å². The zero-order chi connectivity index (χ0) is 34.5. The Morgan fingerprint density at radius 3 is 1.62 bits per heavy atom. The average molecular weight is 655 g/mol. The van der Waals surface area contributed by atoms with E-state index in [1.807, 2.05) is 6.08 Å². The molecule has 0 aliphatic carbocycles. The molecule has 47 heavy (non-hydrogen) atoms. The smallest absolute Gasteiger partial charge is 0.310 e. The molecule has 0 aromatic rings. The minimum atomic E-state index is -0.840. The molecular formula is C41H66O6. The highest BCUT2D eigenvalue weighted by molar-refractivity contribution is 5.72. The van der Waals surface area contributed by atoms with Gasteiger partial charge in [-0.3, -0.25) is 14.4 Å². The molecule has 1 unspecified atom stereocenters. The predicted molar refractivity (Wildman–Crippen MR) is 196 cm³/mol. The van der Waals surface area contributed by atoms with Crippen LogP contribution >= 0.6 is 0 Å². The van der Waals surface area contributed by atoms with Crippen molar-refractivity contribution in [2.24, 2.45) is 0 Å². The summed E-state index contributed by atoms with van der Waals surface area (Å²) in [4.78, 5) is 37.2. The predicted octanol–water partition coefficient (Wildman–Crippen LogP) is 11.2. The Labute approximate surface area is 287 Å². The van der Waals surface area contributed by atoms with Crippen LogP contribution in [0.3, 0.4) is 0 Å². The van der Waals surface area contributed by atoms with Gasteiger partial charge in [0, 0.05) is 12.8 Å². The van der Waals surface area contributed by atoms with Crippen LogP contribution in [0.15, 0.2) is 72.9 Å². The summed E-state index contributed by atoms with van der Waals surface area (Å²) in [7, 11) is 0. The zero-order valence-electron chi connectivity index (χ0n) is 30.0. The maximum Gasteiger partial charge on any atom is 0.310 e. The van der Waals surface area contributed by atoms with E-state index in [9.17, 15) is 14.4 Å². The maximum atomic E-state index is 12.5. The fraction of sp³-hybridized carbons (Fsp3) is 0.634. The second-order valence-electron chi connectivity index (χ2n) is 11.8. The first-order valence-electron chi connectivity index (χ1n) is 18.5. The summed E-state index contributed by atoms with van der Waals surface area (Å²) in [5, 5.41) is 0. The van der Waals surface area contributed by atoms with Crippen LogP contribution < -0.4 is 0 Å². The molecule has 0 N–H and O–H groups in total. The molecule has 0 aromatic carbocycles. The fourth-order valence-electron chi connectivity index (χ4n) is 4.42. The summed E-state index contributed by atoms with van der Waals surface area (Å²) in [5.41, 5.74) is 0. The van der Waals surface area contributed by atoms with Crippen molar-refractivity contribution in [1.29, 1.82) is 0 Å². The minimum absolute atomic E-state index is 0.0930. The lowest BCUT2D eigenvalue weighted by Gasteiger charge is -2.18. The quantitative estimate of drug-likeness (QED) is 0.0243. The third-order valence-corrected chi connectivity index (χ3v) is 7.23. The largest absolute Gasteiger partial charge is 0.462 e. The second-order valence-corrected chi connectivity index (χ2v) is 11.8. The molecule has 6 nitrogen and oxygen atoms in total. The fourth-order valence-corrected chi connectivity index (χ4v) is 4.42. The van der Waals surface area contributed by atoms with Crippen molar-refractivity contribution in [2.45, 2.75) is 155 Å². The van der Waals surface area contributed by atoms with Crippen molar-refractivity contribution in [1.82, 2.24) is 0 Å². The number of unbranched alkanes of at least 4 members (excludes halogenated alkanes) is 10. The highest BCUT2D eigenvalue weighted by Gasteiger charge is 2.19. The molecule has 0 spiro atoms. The van der Waals surface area contributed by atoms with E-state index in [0.717, 1.165) is 64.2 Å². The van der Waals surface area contributed by atoms with Gasteiger partial charge in [-0.15, -0.1) is 0 Å². The molecule has 0 rings (SSSR count). The van der Waals surface area contributed by atoms with Crippen LogP contribution in [0.2, 0.25) is 0 Å². The lowest BCUT2D eigenvalue weighted by Crippen LogP contribution is -2.30. The highest BCUT2D eigenvalue weighted by Crippen LogP contribution is 2.09. The summed E-state index contributed by atoms with van der Waals surface area (Å²) >= 11 is 0. The number of hydrogen-bond acceptors (Lipinski definition) is 6. The van der Waals surface area contributed by atoms with Gasteiger partial charge >= 0.3 is 17.9 Å². The molecule has 0 fully saturated rings. The Morgan fingerprint density at radius 1 is 0.489 bits per heavy atom. The Hall–Kier alpha value is -3.15. The van der Waals surface area contributed by atoms with Gasteiger partial charge in [0.1, 0.15) is 13.2 Å². The maximum absolute atomic E-state index is 12.5. The molecule has 266 valence electrons. The number of allylic oxidation sites excluding steroid dienone is 11. The van der Waals surface area contributed by atoms with Crippen molar-refractivity contribution in [2.75, 3.05) is 13.2 Å². The van der Waals surface area contributed by atoms with Gasteiger partial charge in [0.05, 0.1) is 6.42 Å². The van der Waals surface area contributed by atoms with Crippen LogP contribution in [-0.2, 0) is 28.6 Å². The van der Waals surface area contributed by atoms with E-state index in [2.05, 4.69) is 81.5 Å². The van der Waals surface area contributed by atoms with Gasteiger partial charge in [0.2, 0.25) is 0 Å². The normalized spacial score (nSPS) is 12.8. The van der Waals surface area contributed by atoms with Crippen LogP contribution in [0.4, 0.5) is 0 Å². The molecule has 0 saturated heterocycles. The molecule has 0 aliphatic rings. The Balaban J connectivity index is 4.57. The molecule has 0 amide bonds. The number of carbonyl (C=O) groups excluding carboxylic acids is 3. The van der Waals surface area contributed by atoms with Crippen LogP contribution in [0.5, 0.6) is 0 Å². The molecule has 1 atom stereocenters. The minimum Gasteiger partial charge on any atom is -0.462 e. The Bertz CT molecular complexity index is 940. The zero-order valence-corrected chi connectivity index (χ0v) is 30.0. The van der Waals surface area contributed by atoms with Gasteiger partial charge in [-0.25, -0.2) is 0 Å². The van der Waals surface area contributed by atoms with E-state index in [0.29, 0.717) is 12.8 Å². The average Bonchev–Trinajstić information content (AvgIpc) is 3.06. The van der Waals surface area contributed by atoms with Crippen LogP contribution in [0, 0.1) is 0 Å². The van der Waals surface area contributed by atoms with Gasteiger partial charge in [0.25, 0.3) is 0 Å². The lowest BCUT2D eigenvalue weighted by molar-refractivity contribution is -0.166. The third-order valence-electron chi connectivity index (χ3n) is 7.23. The summed E-state index contributed by atoms with van der Waals surface area (Å²) in [6, 6.07) is 0. The second kappa shape index (κ2) is 35.7. The van der Waals surface area contributed by atoms with Crippen LogP contribution in [0.1, 0.15) is 149 Å². The first-order chi connectivity index (χ1) is 23.0. The molecule has 0 bridgehead atoms. The molecule has 0 aliphatic heterocycles. The monoisotopic (exact) mass is 654 g/mol. The summed E-state index contributed by atoms with van der Waals surface area (Å²) in [5.74, 6) is -1.14. The molecule has 0 saturated carbocycles. The van der Waals surface area contributed by atoms with Crippen LogP contribution in [0.25, 0.3) is 0 Å². The van der Waals surface area contributed by atoms with Gasteiger partial charge < -0.3 is 14.2 Å². The summed E-state index contributed by atoms with van der Waals surface area (Å²) in [6.45, 7) is 6.23. The van der Waals surface area contributed by atoms with Crippen molar-refractivity contribution < 1.29 is 28.6 Å². The van der Waals surface area contributed by atoms with Crippen molar-refractivity contribution >= 4 is 17.9 Å². The molecule has 0 heterocycles. The Morgan fingerprint density at radius 2 is 1.00 bits per heavy atom. The molecular weight excluding hydrogens is 588 g/mol. The van der Waals surface area contributed by atoms with E-state index in [4.69, 9.17) is 14.2 Å². The number of rotatable bonds is 31. The van der Waals surface area contributed by atoms with E-state index >= 15 is 0 Å². The molecule has 6 heteroatoms. The molecule has 0 radical (unpaired) electrons.